The van der Waals surface area contributed by atoms with Crippen LogP contribution < -0.4 is 5.32 Å². The molecule has 0 aliphatic rings. The van der Waals surface area contributed by atoms with Gasteiger partial charge in [-0.2, -0.15) is 4.98 Å². The molecule has 6 nitrogen and oxygen atoms in total. The third-order valence-electron chi connectivity index (χ3n) is 2.46. The van der Waals surface area contributed by atoms with Crippen LogP contribution in [0, 0.1) is 6.92 Å². The highest BCUT2D eigenvalue weighted by Gasteiger charge is 2.08. The van der Waals surface area contributed by atoms with Gasteiger partial charge in [0.25, 0.3) is 0 Å². The molecule has 7 heteroatoms. The maximum absolute atomic E-state index is 5.85. The van der Waals surface area contributed by atoms with E-state index in [2.05, 4.69) is 25.3 Å². The first-order valence-electron chi connectivity index (χ1n) is 5.38. The molecule has 3 aromatic rings. The Morgan fingerprint density at radius 2 is 2.33 bits per heavy atom. The molecule has 0 aliphatic carbocycles. The van der Waals surface area contributed by atoms with E-state index in [9.17, 15) is 0 Å². The average molecular weight is 264 g/mol. The van der Waals surface area contributed by atoms with E-state index in [1.807, 2.05) is 13.0 Å². The first kappa shape index (κ1) is 11.0. The molecule has 3 aromatic heterocycles. The molecule has 0 saturated carbocycles. The fraction of sp³-hybridized carbons (Fsp3) is 0.182. The van der Waals surface area contributed by atoms with Crippen molar-refractivity contribution in [3.63, 3.8) is 0 Å². The standard InChI is InChI=1S/C11H10ClN5O/c1-6-4-14-8(18-6)5-15-10-7-2-3-13-9(7)16-11(12)17-10/h2-4H,5H2,1H3,(H2,13,15,16,17). The molecule has 0 aliphatic heterocycles. The molecule has 3 heterocycles. The van der Waals surface area contributed by atoms with Crippen LogP contribution in [0.4, 0.5) is 5.82 Å². The number of hydrogen-bond donors (Lipinski definition) is 2. The van der Waals surface area contributed by atoms with Crippen molar-refractivity contribution >= 4 is 28.5 Å². The summed E-state index contributed by atoms with van der Waals surface area (Å²) >= 11 is 5.85. The van der Waals surface area contributed by atoms with Gasteiger partial charge in [-0.1, -0.05) is 0 Å². The third kappa shape index (κ3) is 2.02. The van der Waals surface area contributed by atoms with Crippen LogP contribution in [0.15, 0.2) is 22.9 Å². The Morgan fingerprint density at radius 1 is 1.44 bits per heavy atom. The number of oxazole rings is 1. The molecular formula is C11H10ClN5O. The van der Waals surface area contributed by atoms with E-state index in [4.69, 9.17) is 16.0 Å². The Hall–Kier alpha value is -2.08. The normalized spacial score (nSPS) is 11.0. The van der Waals surface area contributed by atoms with Crippen molar-refractivity contribution in [1.29, 1.82) is 0 Å². The number of halogens is 1. The zero-order valence-corrected chi connectivity index (χ0v) is 10.3. The number of aromatic amines is 1. The maximum atomic E-state index is 5.85. The summed E-state index contributed by atoms with van der Waals surface area (Å²) in [7, 11) is 0. The molecule has 0 spiro atoms. The average Bonchev–Trinajstić information content (AvgIpc) is 2.94. The van der Waals surface area contributed by atoms with Crippen molar-refractivity contribution in [2.24, 2.45) is 0 Å². The number of rotatable bonds is 3. The number of H-pyrrole nitrogens is 1. The van der Waals surface area contributed by atoms with Crippen molar-refractivity contribution in [1.82, 2.24) is 19.9 Å². The van der Waals surface area contributed by atoms with Gasteiger partial charge < -0.3 is 14.7 Å². The number of fused-ring (bicyclic) bond motifs is 1. The Kier molecular flexibility index (Phi) is 2.64. The molecule has 0 amide bonds. The monoisotopic (exact) mass is 263 g/mol. The summed E-state index contributed by atoms with van der Waals surface area (Å²) in [6.07, 6.45) is 3.46. The van der Waals surface area contributed by atoms with E-state index in [-0.39, 0.29) is 5.28 Å². The number of anilines is 1. The fourth-order valence-corrected chi connectivity index (χ4v) is 1.86. The van der Waals surface area contributed by atoms with Crippen LogP contribution in [-0.2, 0) is 6.54 Å². The second kappa shape index (κ2) is 4.30. The summed E-state index contributed by atoms with van der Waals surface area (Å²) in [6, 6.07) is 1.88. The summed E-state index contributed by atoms with van der Waals surface area (Å²) in [6.45, 7) is 2.30. The minimum absolute atomic E-state index is 0.191. The molecule has 0 atom stereocenters. The number of nitrogens with zero attached hydrogens (tertiary/aromatic N) is 3. The van der Waals surface area contributed by atoms with Gasteiger partial charge in [-0.25, -0.2) is 9.97 Å². The third-order valence-corrected chi connectivity index (χ3v) is 2.63. The Balaban J connectivity index is 1.87. The molecule has 0 aromatic carbocycles. The Labute approximate surface area is 107 Å². The molecule has 2 N–H and O–H groups in total. The van der Waals surface area contributed by atoms with Crippen LogP contribution in [0.2, 0.25) is 5.28 Å². The highest BCUT2D eigenvalue weighted by molar-refractivity contribution is 6.28. The fourth-order valence-electron chi connectivity index (χ4n) is 1.69. The van der Waals surface area contributed by atoms with Crippen LogP contribution in [0.3, 0.4) is 0 Å². The van der Waals surface area contributed by atoms with Gasteiger partial charge >= 0.3 is 0 Å². The largest absolute Gasteiger partial charge is 0.444 e. The van der Waals surface area contributed by atoms with E-state index >= 15 is 0 Å². The van der Waals surface area contributed by atoms with Crippen LogP contribution in [0.5, 0.6) is 0 Å². The summed E-state index contributed by atoms with van der Waals surface area (Å²) in [5.74, 6) is 2.03. The van der Waals surface area contributed by atoms with E-state index in [1.165, 1.54) is 0 Å². The number of hydrogen-bond acceptors (Lipinski definition) is 5. The molecule has 0 unspecified atom stereocenters. The van der Waals surface area contributed by atoms with Crippen molar-refractivity contribution in [3.8, 4) is 0 Å². The van der Waals surface area contributed by atoms with Gasteiger partial charge in [0, 0.05) is 6.20 Å². The molecular weight excluding hydrogens is 254 g/mol. The minimum Gasteiger partial charge on any atom is -0.444 e. The predicted octanol–water partition coefficient (Wildman–Crippen LogP) is 2.52. The molecule has 0 bridgehead atoms. The molecule has 18 heavy (non-hydrogen) atoms. The highest BCUT2D eigenvalue weighted by Crippen LogP contribution is 2.21. The molecule has 0 saturated heterocycles. The number of nitrogens with one attached hydrogen (secondary N) is 2. The molecule has 0 radical (unpaired) electrons. The van der Waals surface area contributed by atoms with Gasteiger partial charge in [-0.3, -0.25) is 0 Å². The Morgan fingerprint density at radius 3 is 3.11 bits per heavy atom. The quantitative estimate of drug-likeness (QED) is 0.710. The van der Waals surface area contributed by atoms with Crippen LogP contribution >= 0.6 is 11.6 Å². The predicted molar refractivity (Wildman–Crippen MR) is 67.5 cm³/mol. The lowest BCUT2D eigenvalue weighted by Gasteiger charge is -2.04. The van der Waals surface area contributed by atoms with Crippen molar-refractivity contribution < 1.29 is 4.42 Å². The zero-order chi connectivity index (χ0) is 12.5. The topological polar surface area (TPSA) is 79.6 Å². The van der Waals surface area contributed by atoms with Gasteiger partial charge in [-0.05, 0) is 24.6 Å². The lowest BCUT2D eigenvalue weighted by Crippen LogP contribution is -2.03. The van der Waals surface area contributed by atoms with Crippen LogP contribution in [-0.4, -0.2) is 19.9 Å². The molecule has 3 rings (SSSR count). The SMILES string of the molecule is Cc1cnc(CNc2nc(Cl)nc3[nH]ccc23)o1. The second-order valence-corrected chi connectivity index (χ2v) is 4.14. The highest BCUT2D eigenvalue weighted by atomic mass is 35.5. The van der Waals surface area contributed by atoms with Crippen LogP contribution in [0.25, 0.3) is 11.0 Å². The lowest BCUT2D eigenvalue weighted by molar-refractivity contribution is 0.479. The van der Waals surface area contributed by atoms with Gasteiger partial charge in [0.15, 0.2) is 0 Å². The first-order chi connectivity index (χ1) is 8.72. The van der Waals surface area contributed by atoms with Gasteiger partial charge in [0.2, 0.25) is 11.2 Å². The van der Waals surface area contributed by atoms with E-state index in [1.54, 1.807) is 12.4 Å². The Bertz CT molecular complexity index is 690. The smallest absolute Gasteiger partial charge is 0.226 e. The lowest BCUT2D eigenvalue weighted by atomic mass is 10.4. The maximum Gasteiger partial charge on any atom is 0.226 e. The van der Waals surface area contributed by atoms with Crippen molar-refractivity contribution in [2.75, 3.05) is 5.32 Å². The minimum atomic E-state index is 0.191. The van der Waals surface area contributed by atoms with Crippen LogP contribution in [0.1, 0.15) is 11.7 Å². The molecule has 92 valence electrons. The van der Waals surface area contributed by atoms with E-state index in [0.29, 0.717) is 23.9 Å². The van der Waals surface area contributed by atoms with Gasteiger partial charge in [0.1, 0.15) is 17.2 Å². The summed E-state index contributed by atoms with van der Waals surface area (Å²) in [5, 5.41) is 4.20. The summed E-state index contributed by atoms with van der Waals surface area (Å²) in [4.78, 5) is 15.3. The second-order valence-electron chi connectivity index (χ2n) is 3.80. The zero-order valence-electron chi connectivity index (χ0n) is 9.57. The van der Waals surface area contributed by atoms with E-state index in [0.717, 1.165) is 11.1 Å². The van der Waals surface area contributed by atoms with Gasteiger partial charge in [-0.15, -0.1) is 0 Å². The number of aryl methyl sites for hydroxylation is 1. The van der Waals surface area contributed by atoms with Crippen molar-refractivity contribution in [3.05, 3.63) is 35.4 Å². The first-order valence-corrected chi connectivity index (χ1v) is 5.76. The van der Waals surface area contributed by atoms with Crippen molar-refractivity contribution in [2.45, 2.75) is 13.5 Å². The summed E-state index contributed by atoms with van der Waals surface area (Å²) < 4.78 is 5.37. The summed E-state index contributed by atoms with van der Waals surface area (Å²) in [5.41, 5.74) is 0.695. The van der Waals surface area contributed by atoms with E-state index < -0.39 is 0 Å². The molecule has 0 fully saturated rings. The number of aromatic nitrogens is 4. The van der Waals surface area contributed by atoms with Gasteiger partial charge in [0.05, 0.1) is 18.1 Å².